The van der Waals surface area contributed by atoms with Gasteiger partial charge in [-0.05, 0) is 90.8 Å². The Morgan fingerprint density at radius 1 is 1.13 bits per heavy atom. The number of esters is 1. The van der Waals surface area contributed by atoms with Crippen LogP contribution in [0.5, 0.6) is 0 Å². The van der Waals surface area contributed by atoms with E-state index in [2.05, 4.69) is 27.7 Å². The predicted molar refractivity (Wildman–Crippen MR) is 121 cm³/mol. The lowest BCUT2D eigenvalue weighted by atomic mass is 9.41. The molecule has 176 valence electrons. The van der Waals surface area contributed by atoms with Crippen LogP contribution in [-0.2, 0) is 14.3 Å². The van der Waals surface area contributed by atoms with Gasteiger partial charge in [-0.3, -0.25) is 9.59 Å². The molecule has 0 heterocycles. The number of ether oxygens (including phenoxy) is 1. The molecule has 4 saturated carbocycles. The Labute approximate surface area is 188 Å². The van der Waals surface area contributed by atoms with Crippen molar-refractivity contribution in [3.63, 3.8) is 0 Å². The molecule has 4 aliphatic carbocycles. The molecular weight excluding hydrogens is 388 g/mol. The summed E-state index contributed by atoms with van der Waals surface area (Å²) in [6.07, 6.45) is 9.38. The fraction of sp³-hybridized carbons (Fsp3) is 0.926. The SMILES string of the molecule is CC[C@H]1C(O)C2C3CCC([C@H](C)CCC(=O)OC)[C@@]3(C)CCC2[C@@]2(C)CCC(=O)C[C@@H]12. The van der Waals surface area contributed by atoms with Crippen molar-refractivity contribution in [2.75, 3.05) is 7.11 Å². The van der Waals surface area contributed by atoms with Crippen molar-refractivity contribution < 1.29 is 19.4 Å². The van der Waals surface area contributed by atoms with Gasteiger partial charge in [0.05, 0.1) is 13.2 Å². The molecule has 0 aromatic rings. The molecule has 31 heavy (non-hydrogen) atoms. The van der Waals surface area contributed by atoms with Crippen molar-refractivity contribution >= 4 is 11.8 Å². The number of Topliss-reactive ketones (excluding diaryl/α,β-unsaturated/α-hetero) is 1. The summed E-state index contributed by atoms with van der Waals surface area (Å²) in [5, 5.41) is 11.7. The predicted octanol–water partition coefficient (Wildman–Crippen LogP) is 5.41. The summed E-state index contributed by atoms with van der Waals surface area (Å²) in [6.45, 7) is 9.49. The van der Waals surface area contributed by atoms with Gasteiger partial charge in [0.2, 0.25) is 0 Å². The number of hydrogen-bond donors (Lipinski definition) is 1. The Bertz CT molecular complexity index is 703. The standard InChI is InChI=1S/C27H44O4/c1-6-18-22-15-17(28)11-13-27(22,4)21-12-14-26(3)19(16(2)7-10-23(29)31-5)8-9-20(26)24(21)25(18)30/h16,18-22,24-25,30H,6-15H2,1-5H3/t16-,18-,19?,20?,21?,22+,24?,25?,26-,27-/m1/s1. The quantitative estimate of drug-likeness (QED) is 0.590. The van der Waals surface area contributed by atoms with Gasteiger partial charge in [-0.25, -0.2) is 0 Å². The average molecular weight is 433 g/mol. The van der Waals surface area contributed by atoms with Gasteiger partial charge < -0.3 is 9.84 Å². The minimum atomic E-state index is -0.271. The second kappa shape index (κ2) is 8.47. The van der Waals surface area contributed by atoms with Crippen molar-refractivity contribution in [1.29, 1.82) is 0 Å². The Morgan fingerprint density at radius 3 is 2.52 bits per heavy atom. The molecule has 0 aromatic heterocycles. The molecule has 4 aliphatic rings. The van der Waals surface area contributed by atoms with Crippen LogP contribution in [0, 0.1) is 52.3 Å². The first-order valence-electron chi connectivity index (χ1n) is 12.9. The van der Waals surface area contributed by atoms with Crippen LogP contribution in [0.15, 0.2) is 0 Å². The molecule has 0 bridgehead atoms. The second-order valence-corrected chi connectivity index (χ2v) is 12.0. The van der Waals surface area contributed by atoms with Crippen LogP contribution in [0.4, 0.5) is 0 Å². The maximum Gasteiger partial charge on any atom is 0.305 e. The molecule has 0 aliphatic heterocycles. The monoisotopic (exact) mass is 432 g/mol. The van der Waals surface area contributed by atoms with Crippen molar-refractivity contribution in [3.05, 3.63) is 0 Å². The number of carbonyl (C=O) groups is 2. The van der Waals surface area contributed by atoms with E-state index in [0.29, 0.717) is 54.1 Å². The minimum absolute atomic E-state index is 0.102. The van der Waals surface area contributed by atoms with Crippen molar-refractivity contribution in [1.82, 2.24) is 0 Å². The highest BCUT2D eigenvalue weighted by Gasteiger charge is 2.64. The lowest BCUT2D eigenvalue weighted by Gasteiger charge is -2.64. The number of aliphatic hydroxyl groups excluding tert-OH is 1. The Kier molecular flexibility index (Phi) is 6.35. The number of ketones is 1. The number of aliphatic hydroxyl groups is 1. The molecule has 10 atom stereocenters. The van der Waals surface area contributed by atoms with Gasteiger partial charge in [0.15, 0.2) is 0 Å². The molecule has 1 N–H and O–H groups in total. The highest BCUT2D eigenvalue weighted by molar-refractivity contribution is 5.79. The van der Waals surface area contributed by atoms with Gasteiger partial charge in [0.1, 0.15) is 5.78 Å². The van der Waals surface area contributed by atoms with Crippen molar-refractivity contribution in [2.45, 2.75) is 98.0 Å². The fourth-order valence-corrected chi connectivity index (χ4v) is 9.39. The number of hydrogen-bond acceptors (Lipinski definition) is 4. The summed E-state index contributed by atoms with van der Waals surface area (Å²) in [5.74, 6) is 3.53. The van der Waals surface area contributed by atoms with Gasteiger partial charge in [0.25, 0.3) is 0 Å². The molecule has 0 aromatic carbocycles. The van der Waals surface area contributed by atoms with E-state index in [9.17, 15) is 14.7 Å². The smallest absolute Gasteiger partial charge is 0.305 e. The number of fused-ring (bicyclic) bond motifs is 5. The normalized spacial score (nSPS) is 47.8. The highest BCUT2D eigenvalue weighted by atomic mass is 16.5. The molecule has 4 fully saturated rings. The first kappa shape index (κ1) is 23.3. The van der Waals surface area contributed by atoms with E-state index < -0.39 is 0 Å². The summed E-state index contributed by atoms with van der Waals surface area (Å²) >= 11 is 0. The van der Waals surface area contributed by atoms with Gasteiger partial charge in [-0.1, -0.05) is 34.1 Å². The van der Waals surface area contributed by atoms with E-state index in [4.69, 9.17) is 4.74 Å². The van der Waals surface area contributed by atoms with E-state index in [-0.39, 0.29) is 28.8 Å². The fourth-order valence-electron chi connectivity index (χ4n) is 9.39. The topological polar surface area (TPSA) is 63.6 Å². The maximum absolute atomic E-state index is 12.4. The lowest BCUT2D eigenvalue weighted by Crippen LogP contribution is -2.61. The third-order valence-corrected chi connectivity index (χ3v) is 11.0. The molecule has 5 unspecified atom stereocenters. The molecule has 4 heteroatoms. The Morgan fingerprint density at radius 2 is 1.84 bits per heavy atom. The lowest BCUT2D eigenvalue weighted by molar-refractivity contribution is -0.194. The molecule has 4 rings (SSSR count). The molecule has 0 spiro atoms. The molecule has 0 radical (unpaired) electrons. The minimum Gasteiger partial charge on any atom is -0.469 e. The summed E-state index contributed by atoms with van der Waals surface area (Å²) < 4.78 is 4.88. The highest BCUT2D eigenvalue weighted by Crippen LogP contribution is 2.69. The molecular formula is C27H44O4. The van der Waals surface area contributed by atoms with Crippen molar-refractivity contribution in [2.24, 2.45) is 52.3 Å². The zero-order valence-corrected chi connectivity index (χ0v) is 20.4. The van der Waals surface area contributed by atoms with E-state index in [1.54, 1.807) is 0 Å². The van der Waals surface area contributed by atoms with Crippen LogP contribution in [0.1, 0.15) is 91.9 Å². The zero-order valence-electron chi connectivity index (χ0n) is 20.4. The summed E-state index contributed by atoms with van der Waals surface area (Å²) in [6, 6.07) is 0. The van der Waals surface area contributed by atoms with E-state index in [1.807, 2.05) is 0 Å². The van der Waals surface area contributed by atoms with E-state index >= 15 is 0 Å². The first-order chi connectivity index (χ1) is 14.7. The van der Waals surface area contributed by atoms with Crippen LogP contribution in [-0.4, -0.2) is 30.1 Å². The van der Waals surface area contributed by atoms with Crippen LogP contribution in [0.25, 0.3) is 0 Å². The van der Waals surface area contributed by atoms with E-state index in [0.717, 1.165) is 25.7 Å². The van der Waals surface area contributed by atoms with Gasteiger partial charge in [0, 0.05) is 19.3 Å². The summed E-state index contributed by atoms with van der Waals surface area (Å²) in [5.41, 5.74) is 0.456. The second-order valence-electron chi connectivity index (χ2n) is 12.0. The third-order valence-electron chi connectivity index (χ3n) is 11.0. The third kappa shape index (κ3) is 3.60. The number of methoxy groups -OCH3 is 1. The number of carbonyl (C=O) groups excluding carboxylic acids is 2. The van der Waals surface area contributed by atoms with Crippen LogP contribution in [0.2, 0.25) is 0 Å². The maximum atomic E-state index is 12.4. The van der Waals surface area contributed by atoms with Crippen LogP contribution < -0.4 is 0 Å². The Balaban J connectivity index is 1.59. The van der Waals surface area contributed by atoms with Crippen molar-refractivity contribution in [3.8, 4) is 0 Å². The summed E-state index contributed by atoms with van der Waals surface area (Å²) in [4.78, 5) is 24.1. The number of rotatable bonds is 5. The Hall–Kier alpha value is -0.900. The average Bonchev–Trinajstić information content (AvgIpc) is 3.10. The van der Waals surface area contributed by atoms with Gasteiger partial charge in [-0.2, -0.15) is 0 Å². The first-order valence-corrected chi connectivity index (χ1v) is 12.9. The van der Waals surface area contributed by atoms with Crippen LogP contribution >= 0.6 is 0 Å². The largest absolute Gasteiger partial charge is 0.469 e. The van der Waals surface area contributed by atoms with Gasteiger partial charge in [-0.15, -0.1) is 0 Å². The van der Waals surface area contributed by atoms with E-state index in [1.165, 1.54) is 32.8 Å². The molecule has 0 saturated heterocycles. The zero-order chi connectivity index (χ0) is 22.6. The van der Waals surface area contributed by atoms with Gasteiger partial charge >= 0.3 is 5.97 Å². The molecule has 4 nitrogen and oxygen atoms in total. The summed E-state index contributed by atoms with van der Waals surface area (Å²) in [7, 11) is 1.47. The van der Waals surface area contributed by atoms with Crippen LogP contribution in [0.3, 0.4) is 0 Å². The molecule has 0 amide bonds.